The van der Waals surface area contributed by atoms with Gasteiger partial charge in [-0.15, -0.1) is 0 Å². The molecule has 2 N–H and O–H groups in total. The molecule has 0 aliphatic carbocycles. The van der Waals surface area contributed by atoms with Gasteiger partial charge in [-0.05, 0) is 55.3 Å². The van der Waals surface area contributed by atoms with E-state index in [9.17, 15) is 9.59 Å². The average molecular weight is 380 g/mol. The Balaban J connectivity index is 1.48. The molecule has 2 aromatic rings. The zero-order valence-corrected chi connectivity index (χ0v) is 16.8. The number of rotatable bonds is 5. The van der Waals surface area contributed by atoms with Gasteiger partial charge in [0.05, 0.1) is 6.54 Å². The summed E-state index contributed by atoms with van der Waals surface area (Å²) in [4.78, 5) is 28.0. The van der Waals surface area contributed by atoms with Gasteiger partial charge in [0.15, 0.2) is 0 Å². The van der Waals surface area contributed by atoms with Gasteiger partial charge < -0.3 is 15.5 Å². The van der Waals surface area contributed by atoms with Gasteiger partial charge in [0.2, 0.25) is 11.8 Å². The molecule has 0 spiro atoms. The minimum Gasteiger partial charge on any atom is -0.369 e. The lowest BCUT2D eigenvalue weighted by molar-refractivity contribution is -0.117. The van der Waals surface area contributed by atoms with Gasteiger partial charge in [0.1, 0.15) is 0 Å². The number of benzene rings is 2. The number of anilines is 3. The first-order chi connectivity index (χ1) is 13.4. The highest BCUT2D eigenvalue weighted by Gasteiger charge is 2.20. The molecule has 0 aromatic heterocycles. The van der Waals surface area contributed by atoms with Crippen LogP contribution in [0.1, 0.15) is 18.1 Å². The van der Waals surface area contributed by atoms with Crippen LogP contribution in [0, 0.1) is 13.8 Å². The molecule has 1 saturated heterocycles. The van der Waals surface area contributed by atoms with Crippen LogP contribution in [-0.4, -0.2) is 49.4 Å². The van der Waals surface area contributed by atoms with Crippen LogP contribution in [0.2, 0.25) is 0 Å². The Hall–Kier alpha value is -2.86. The number of piperazine rings is 1. The summed E-state index contributed by atoms with van der Waals surface area (Å²) in [7, 11) is 0. The molecule has 0 atom stereocenters. The van der Waals surface area contributed by atoms with Crippen LogP contribution in [0.5, 0.6) is 0 Å². The van der Waals surface area contributed by atoms with E-state index in [-0.39, 0.29) is 11.8 Å². The maximum atomic E-state index is 12.4. The molecule has 2 amide bonds. The summed E-state index contributed by atoms with van der Waals surface area (Å²) in [5.74, 6) is -0.135. The van der Waals surface area contributed by atoms with E-state index in [0.29, 0.717) is 12.2 Å². The number of hydrogen-bond donors (Lipinski definition) is 2. The quantitative estimate of drug-likeness (QED) is 0.837. The van der Waals surface area contributed by atoms with Crippen molar-refractivity contribution in [1.29, 1.82) is 0 Å². The predicted octanol–water partition coefficient (Wildman–Crippen LogP) is 3.02. The fraction of sp³-hybridized carbons (Fsp3) is 0.364. The molecule has 0 saturated carbocycles. The highest BCUT2D eigenvalue weighted by molar-refractivity contribution is 5.93. The third kappa shape index (κ3) is 5.10. The summed E-state index contributed by atoms with van der Waals surface area (Å²) < 4.78 is 0. The molecule has 2 aromatic carbocycles. The lowest BCUT2D eigenvalue weighted by atomic mass is 10.1. The first kappa shape index (κ1) is 19.9. The fourth-order valence-corrected chi connectivity index (χ4v) is 3.47. The van der Waals surface area contributed by atoms with E-state index in [1.165, 1.54) is 23.7 Å². The molecule has 1 aliphatic heterocycles. The Morgan fingerprint density at radius 2 is 1.50 bits per heavy atom. The van der Waals surface area contributed by atoms with E-state index in [2.05, 4.69) is 52.5 Å². The van der Waals surface area contributed by atoms with Crippen molar-refractivity contribution in [2.24, 2.45) is 0 Å². The maximum absolute atomic E-state index is 12.4. The van der Waals surface area contributed by atoms with Gasteiger partial charge in [0.25, 0.3) is 0 Å². The van der Waals surface area contributed by atoms with Crippen molar-refractivity contribution in [3.05, 3.63) is 53.6 Å². The fourth-order valence-electron chi connectivity index (χ4n) is 3.47. The van der Waals surface area contributed by atoms with Crippen molar-refractivity contribution in [2.75, 3.05) is 48.3 Å². The average Bonchev–Trinajstić information content (AvgIpc) is 2.66. The molecule has 148 valence electrons. The molecule has 0 radical (unpaired) electrons. The van der Waals surface area contributed by atoms with Crippen LogP contribution in [0.25, 0.3) is 0 Å². The monoisotopic (exact) mass is 380 g/mol. The number of hydrogen-bond acceptors (Lipinski definition) is 4. The Morgan fingerprint density at radius 1 is 0.893 bits per heavy atom. The Kier molecular flexibility index (Phi) is 6.31. The van der Waals surface area contributed by atoms with Crippen molar-refractivity contribution in [1.82, 2.24) is 4.90 Å². The number of amides is 2. The van der Waals surface area contributed by atoms with Crippen LogP contribution in [-0.2, 0) is 9.59 Å². The molecule has 1 aliphatic rings. The molecule has 1 heterocycles. The summed E-state index contributed by atoms with van der Waals surface area (Å²) in [6.45, 7) is 9.73. The molecule has 28 heavy (non-hydrogen) atoms. The van der Waals surface area contributed by atoms with Crippen molar-refractivity contribution in [2.45, 2.75) is 20.8 Å². The minimum absolute atomic E-state index is 0.0209. The maximum Gasteiger partial charge on any atom is 0.238 e. The topological polar surface area (TPSA) is 64.7 Å². The van der Waals surface area contributed by atoms with E-state index in [0.717, 1.165) is 31.9 Å². The summed E-state index contributed by atoms with van der Waals surface area (Å²) in [5.41, 5.74) is 5.38. The first-order valence-electron chi connectivity index (χ1n) is 9.63. The van der Waals surface area contributed by atoms with Gasteiger partial charge in [-0.1, -0.05) is 12.1 Å². The summed E-state index contributed by atoms with van der Waals surface area (Å²) >= 11 is 0. The van der Waals surface area contributed by atoms with E-state index in [1.54, 1.807) is 24.3 Å². The lowest BCUT2D eigenvalue weighted by Crippen LogP contribution is -2.48. The number of carbonyl (C=O) groups is 2. The second-order valence-electron chi connectivity index (χ2n) is 7.29. The van der Waals surface area contributed by atoms with E-state index in [1.807, 2.05) is 0 Å². The molecule has 3 rings (SSSR count). The molecule has 1 fully saturated rings. The Bertz CT molecular complexity index is 840. The number of carbonyl (C=O) groups excluding carboxylic acids is 2. The van der Waals surface area contributed by atoms with Crippen molar-refractivity contribution in [3.8, 4) is 0 Å². The van der Waals surface area contributed by atoms with E-state index < -0.39 is 0 Å². The van der Waals surface area contributed by atoms with Crippen molar-refractivity contribution < 1.29 is 9.59 Å². The van der Waals surface area contributed by atoms with Crippen LogP contribution in [0.15, 0.2) is 42.5 Å². The smallest absolute Gasteiger partial charge is 0.238 e. The van der Waals surface area contributed by atoms with Gasteiger partial charge >= 0.3 is 0 Å². The Labute approximate surface area is 166 Å². The van der Waals surface area contributed by atoms with Gasteiger partial charge in [-0.3, -0.25) is 14.5 Å². The standard InChI is InChI=1S/C22H28N4O2/c1-16-5-4-6-21(17(16)2)26-13-11-25(12-14-26)15-22(28)24-20-9-7-19(8-10-20)23-18(3)27/h4-10H,11-15H2,1-3H3,(H,23,27)(H,24,28). The number of aryl methyl sites for hydroxylation is 1. The Morgan fingerprint density at radius 3 is 2.11 bits per heavy atom. The van der Waals surface area contributed by atoms with Crippen LogP contribution in [0.4, 0.5) is 17.1 Å². The third-order valence-electron chi connectivity index (χ3n) is 5.15. The molecular formula is C22H28N4O2. The van der Waals surface area contributed by atoms with Gasteiger partial charge in [0, 0.05) is 50.2 Å². The highest BCUT2D eigenvalue weighted by Crippen LogP contribution is 2.23. The van der Waals surface area contributed by atoms with Crippen molar-refractivity contribution >= 4 is 28.9 Å². The summed E-state index contributed by atoms with van der Waals surface area (Å²) in [6.07, 6.45) is 0. The van der Waals surface area contributed by atoms with Crippen molar-refractivity contribution in [3.63, 3.8) is 0 Å². The van der Waals surface area contributed by atoms with Crippen LogP contribution < -0.4 is 15.5 Å². The predicted molar refractivity (Wildman–Crippen MR) is 114 cm³/mol. The zero-order valence-electron chi connectivity index (χ0n) is 16.8. The summed E-state index contributed by atoms with van der Waals surface area (Å²) in [6, 6.07) is 13.6. The second kappa shape index (κ2) is 8.89. The molecule has 0 bridgehead atoms. The minimum atomic E-state index is -0.114. The highest BCUT2D eigenvalue weighted by atomic mass is 16.2. The van der Waals surface area contributed by atoms with Gasteiger partial charge in [-0.2, -0.15) is 0 Å². The zero-order chi connectivity index (χ0) is 20.1. The molecular weight excluding hydrogens is 352 g/mol. The summed E-state index contributed by atoms with van der Waals surface area (Å²) in [5, 5.41) is 5.63. The van der Waals surface area contributed by atoms with E-state index in [4.69, 9.17) is 0 Å². The normalized spacial score (nSPS) is 14.6. The number of nitrogens with zero attached hydrogens (tertiary/aromatic N) is 2. The largest absolute Gasteiger partial charge is 0.369 e. The third-order valence-corrected chi connectivity index (χ3v) is 5.15. The SMILES string of the molecule is CC(=O)Nc1ccc(NC(=O)CN2CCN(c3cccc(C)c3C)CC2)cc1. The second-order valence-corrected chi connectivity index (χ2v) is 7.29. The molecule has 0 unspecified atom stereocenters. The van der Waals surface area contributed by atoms with Gasteiger partial charge in [-0.25, -0.2) is 0 Å². The van der Waals surface area contributed by atoms with Crippen LogP contribution >= 0.6 is 0 Å². The number of nitrogens with one attached hydrogen (secondary N) is 2. The molecule has 6 heteroatoms. The van der Waals surface area contributed by atoms with E-state index >= 15 is 0 Å². The van der Waals surface area contributed by atoms with Crippen LogP contribution in [0.3, 0.4) is 0 Å². The lowest BCUT2D eigenvalue weighted by Gasteiger charge is -2.36. The molecule has 6 nitrogen and oxygen atoms in total. The first-order valence-corrected chi connectivity index (χ1v) is 9.63.